The first kappa shape index (κ1) is 19.4. The van der Waals surface area contributed by atoms with E-state index in [1.165, 1.54) is 11.1 Å². The van der Waals surface area contributed by atoms with Gasteiger partial charge in [-0.05, 0) is 77.9 Å². The van der Waals surface area contributed by atoms with Crippen LogP contribution in [0, 0.1) is 11.3 Å². The molecular formula is C27H23NO3. The number of aryl methyl sites for hydroxylation is 1. The van der Waals surface area contributed by atoms with Crippen molar-refractivity contribution >= 4 is 5.78 Å². The number of carbonyl (C=O) groups excluding carboxylic acids is 1. The Balaban J connectivity index is 1.47. The molecule has 2 aliphatic rings. The van der Waals surface area contributed by atoms with Gasteiger partial charge in [-0.3, -0.25) is 4.79 Å². The lowest BCUT2D eigenvalue weighted by atomic mass is 9.82. The Hall–Kier alpha value is -3.58. The highest BCUT2D eigenvalue weighted by atomic mass is 16.5. The topological polar surface area (TPSA) is 59.3 Å². The van der Waals surface area contributed by atoms with Crippen LogP contribution in [0.1, 0.15) is 46.3 Å². The number of hydrogen-bond acceptors (Lipinski definition) is 4. The fraction of sp³-hybridized carbons (Fsp3) is 0.259. The number of benzene rings is 3. The number of rotatable bonds is 2. The monoisotopic (exact) mass is 409 g/mol. The first-order chi connectivity index (χ1) is 15.1. The van der Waals surface area contributed by atoms with Gasteiger partial charge in [-0.2, -0.15) is 5.26 Å². The maximum atomic E-state index is 13.2. The van der Waals surface area contributed by atoms with Gasteiger partial charge in [0.1, 0.15) is 17.1 Å². The summed E-state index contributed by atoms with van der Waals surface area (Å²) < 4.78 is 11.9. The van der Waals surface area contributed by atoms with Gasteiger partial charge in [-0.1, -0.05) is 24.3 Å². The van der Waals surface area contributed by atoms with Gasteiger partial charge in [0.15, 0.2) is 5.78 Å². The fourth-order valence-electron chi connectivity index (χ4n) is 4.85. The summed E-state index contributed by atoms with van der Waals surface area (Å²) in [6.07, 6.45) is 3.90. The molecule has 4 nitrogen and oxygen atoms in total. The molecule has 0 fully saturated rings. The van der Waals surface area contributed by atoms with Gasteiger partial charge in [0.25, 0.3) is 0 Å². The van der Waals surface area contributed by atoms with Crippen molar-refractivity contribution in [3.63, 3.8) is 0 Å². The molecule has 3 aromatic carbocycles. The third-order valence-corrected chi connectivity index (χ3v) is 6.42. The molecule has 0 radical (unpaired) electrons. The third-order valence-electron chi connectivity index (χ3n) is 6.42. The number of Topliss-reactive ketones (excluding diaryl/α,β-unsaturated/α-hetero) is 1. The number of carbonyl (C=O) groups is 1. The smallest absolute Gasteiger partial charge is 0.170 e. The molecule has 0 amide bonds. The lowest BCUT2D eigenvalue weighted by Crippen LogP contribution is -2.43. The summed E-state index contributed by atoms with van der Waals surface area (Å²) in [7, 11) is 1.69. The zero-order chi connectivity index (χ0) is 21.4. The van der Waals surface area contributed by atoms with Crippen molar-refractivity contribution in [2.75, 3.05) is 7.11 Å². The molecule has 1 spiro atoms. The van der Waals surface area contributed by atoms with E-state index in [2.05, 4.69) is 18.2 Å². The highest BCUT2D eigenvalue weighted by Crippen LogP contribution is 2.42. The zero-order valence-electron chi connectivity index (χ0n) is 17.5. The van der Waals surface area contributed by atoms with E-state index in [9.17, 15) is 10.1 Å². The summed E-state index contributed by atoms with van der Waals surface area (Å²) in [4.78, 5) is 13.2. The summed E-state index contributed by atoms with van der Waals surface area (Å²) in [6, 6.07) is 21.6. The minimum absolute atomic E-state index is 0.122. The van der Waals surface area contributed by atoms with Gasteiger partial charge in [-0.15, -0.1) is 0 Å². The molecule has 0 bridgehead atoms. The summed E-state index contributed by atoms with van der Waals surface area (Å²) in [6.45, 7) is 0. The van der Waals surface area contributed by atoms with E-state index < -0.39 is 5.60 Å². The van der Waals surface area contributed by atoms with Crippen LogP contribution in [0.5, 0.6) is 11.5 Å². The second-order valence-electron chi connectivity index (χ2n) is 8.45. The van der Waals surface area contributed by atoms with E-state index in [1.807, 2.05) is 42.5 Å². The van der Waals surface area contributed by atoms with Crippen LogP contribution in [0.15, 0.2) is 60.7 Å². The van der Waals surface area contributed by atoms with Crippen molar-refractivity contribution in [2.24, 2.45) is 0 Å². The Morgan fingerprint density at radius 2 is 1.87 bits per heavy atom. The van der Waals surface area contributed by atoms with E-state index in [4.69, 9.17) is 9.47 Å². The first-order valence-electron chi connectivity index (χ1n) is 10.6. The maximum Gasteiger partial charge on any atom is 0.170 e. The standard InChI is InChI=1S/C27H23NO3/c1-30-23-9-7-22-15-27(11-3-6-20(22)13-23)16-25(29)24-14-21(8-10-26(24)31-27)19-5-2-4-18(12-19)17-28/h2,4-5,7-10,12-14H,3,6,11,15-16H2,1H3. The number of ketones is 1. The molecular weight excluding hydrogens is 386 g/mol. The molecule has 1 unspecified atom stereocenters. The van der Waals surface area contributed by atoms with Gasteiger partial charge in [0.05, 0.1) is 30.7 Å². The molecule has 3 aromatic rings. The van der Waals surface area contributed by atoms with E-state index in [1.54, 1.807) is 13.2 Å². The van der Waals surface area contributed by atoms with Crippen molar-refractivity contribution < 1.29 is 14.3 Å². The SMILES string of the molecule is COc1ccc2c(c1)CCCC1(CC(=O)c3cc(-c4cccc(C#N)c4)ccc3O1)C2. The van der Waals surface area contributed by atoms with Crippen LogP contribution in [-0.4, -0.2) is 18.5 Å². The van der Waals surface area contributed by atoms with Crippen LogP contribution in [-0.2, 0) is 12.8 Å². The summed E-state index contributed by atoms with van der Waals surface area (Å²) in [5.74, 6) is 1.65. The summed E-state index contributed by atoms with van der Waals surface area (Å²) in [5.41, 5.74) is 5.10. The molecule has 31 heavy (non-hydrogen) atoms. The van der Waals surface area contributed by atoms with E-state index in [0.717, 1.165) is 42.6 Å². The number of ether oxygens (including phenoxy) is 2. The number of hydrogen-bond donors (Lipinski definition) is 0. The number of methoxy groups -OCH3 is 1. The van der Waals surface area contributed by atoms with E-state index >= 15 is 0 Å². The van der Waals surface area contributed by atoms with Gasteiger partial charge < -0.3 is 9.47 Å². The predicted molar refractivity (Wildman–Crippen MR) is 119 cm³/mol. The maximum absolute atomic E-state index is 13.2. The van der Waals surface area contributed by atoms with Gasteiger partial charge in [0.2, 0.25) is 0 Å². The minimum atomic E-state index is -0.494. The predicted octanol–water partition coefficient (Wildman–Crippen LogP) is 5.52. The molecule has 0 N–H and O–H groups in total. The number of nitriles is 1. The summed E-state index contributed by atoms with van der Waals surface area (Å²) >= 11 is 0. The normalized spacial score (nSPS) is 19.5. The molecule has 4 heteroatoms. The van der Waals surface area contributed by atoms with Crippen molar-refractivity contribution in [3.05, 3.63) is 82.9 Å². The van der Waals surface area contributed by atoms with Crippen LogP contribution in [0.2, 0.25) is 0 Å². The van der Waals surface area contributed by atoms with Crippen molar-refractivity contribution in [3.8, 4) is 28.7 Å². The van der Waals surface area contributed by atoms with E-state index in [0.29, 0.717) is 23.3 Å². The van der Waals surface area contributed by atoms with Gasteiger partial charge in [-0.25, -0.2) is 0 Å². The molecule has 0 saturated carbocycles. The van der Waals surface area contributed by atoms with Crippen molar-refractivity contribution in [1.82, 2.24) is 0 Å². The Morgan fingerprint density at radius 1 is 1.00 bits per heavy atom. The third kappa shape index (κ3) is 3.57. The number of fused-ring (bicyclic) bond motifs is 2. The summed E-state index contributed by atoms with van der Waals surface area (Å²) in [5, 5.41) is 9.17. The Morgan fingerprint density at radius 3 is 2.71 bits per heavy atom. The van der Waals surface area contributed by atoms with Crippen LogP contribution in [0.25, 0.3) is 11.1 Å². The molecule has 154 valence electrons. The second kappa shape index (κ2) is 7.59. The highest BCUT2D eigenvalue weighted by molar-refractivity contribution is 6.01. The Labute approximate surface area is 182 Å². The van der Waals surface area contributed by atoms with Crippen molar-refractivity contribution in [1.29, 1.82) is 5.26 Å². The quantitative estimate of drug-likeness (QED) is 0.559. The first-order valence-corrected chi connectivity index (χ1v) is 10.6. The zero-order valence-corrected chi connectivity index (χ0v) is 17.5. The Bertz CT molecular complexity index is 1220. The van der Waals surface area contributed by atoms with Crippen LogP contribution in [0.4, 0.5) is 0 Å². The van der Waals surface area contributed by atoms with E-state index in [-0.39, 0.29) is 5.78 Å². The molecule has 0 aromatic heterocycles. The highest BCUT2D eigenvalue weighted by Gasteiger charge is 2.42. The largest absolute Gasteiger partial charge is 0.497 e. The van der Waals surface area contributed by atoms with Gasteiger partial charge in [0, 0.05) is 6.42 Å². The molecule has 1 aliphatic carbocycles. The van der Waals surface area contributed by atoms with Crippen molar-refractivity contribution in [2.45, 2.75) is 37.7 Å². The fourth-order valence-corrected chi connectivity index (χ4v) is 4.85. The second-order valence-corrected chi connectivity index (χ2v) is 8.45. The van der Waals surface area contributed by atoms with Crippen LogP contribution < -0.4 is 9.47 Å². The lowest BCUT2D eigenvalue weighted by Gasteiger charge is -2.38. The molecule has 1 atom stereocenters. The molecule has 5 rings (SSSR count). The number of nitrogens with zero attached hydrogens (tertiary/aromatic N) is 1. The molecule has 1 aliphatic heterocycles. The Kier molecular flexibility index (Phi) is 4.75. The average molecular weight is 409 g/mol. The minimum Gasteiger partial charge on any atom is -0.497 e. The van der Waals surface area contributed by atoms with Gasteiger partial charge >= 0.3 is 0 Å². The van der Waals surface area contributed by atoms with Crippen LogP contribution in [0.3, 0.4) is 0 Å². The molecule has 1 heterocycles. The lowest BCUT2D eigenvalue weighted by molar-refractivity contribution is 0.0349. The molecule has 0 saturated heterocycles. The van der Waals surface area contributed by atoms with Crippen LogP contribution >= 0.6 is 0 Å². The average Bonchev–Trinajstić information content (AvgIpc) is 2.97.